The fourth-order valence-electron chi connectivity index (χ4n) is 4.29. The number of hydrogen-bond acceptors (Lipinski definition) is 4. The number of esters is 1. The Bertz CT molecular complexity index is 541. The molecule has 0 aliphatic heterocycles. The Balaban J connectivity index is 3.87. The first kappa shape index (κ1) is 34.7. The average Bonchev–Trinajstić information content (AvgIpc) is 2.81. The van der Waals surface area contributed by atoms with E-state index >= 15 is 0 Å². The van der Waals surface area contributed by atoms with Crippen LogP contribution in [0.1, 0.15) is 151 Å². The average molecular weight is 512 g/mol. The van der Waals surface area contributed by atoms with E-state index in [0.29, 0.717) is 19.6 Å². The summed E-state index contributed by atoms with van der Waals surface area (Å²) in [6.07, 6.45) is 21.2. The van der Waals surface area contributed by atoms with Gasteiger partial charge in [0.15, 0.2) is 0 Å². The largest absolute Gasteiger partial charge is 0.464 e. The Morgan fingerprint density at radius 3 is 1.50 bits per heavy atom. The van der Waals surface area contributed by atoms with Crippen LogP contribution in [0, 0.1) is 11.3 Å². The first-order valence-electron chi connectivity index (χ1n) is 15.1. The van der Waals surface area contributed by atoms with Gasteiger partial charge in [-0.1, -0.05) is 138 Å². The summed E-state index contributed by atoms with van der Waals surface area (Å²) in [4.78, 5) is 26.6. The first-order chi connectivity index (χ1) is 17.1. The van der Waals surface area contributed by atoms with E-state index in [-0.39, 0.29) is 17.3 Å². The fourth-order valence-corrected chi connectivity index (χ4v) is 4.29. The molecule has 0 heterocycles. The van der Waals surface area contributed by atoms with Crippen molar-refractivity contribution in [1.29, 1.82) is 0 Å². The number of hydrogen-bond donors (Lipinski definition) is 0. The fraction of sp³-hybridized carbons (Fsp3) is 0.935. The van der Waals surface area contributed by atoms with Crippen LogP contribution in [0.3, 0.4) is 0 Å². The number of likely N-dealkylation sites (N-methyl/N-ethyl adjacent to an activating group) is 1. The molecule has 0 aromatic heterocycles. The Labute approximate surface area is 224 Å². The molecule has 0 aliphatic rings. The zero-order valence-corrected chi connectivity index (χ0v) is 25.2. The smallest absolute Gasteiger partial charge is 0.410 e. The van der Waals surface area contributed by atoms with Gasteiger partial charge in [0, 0.05) is 7.05 Å². The number of amides is 1. The van der Waals surface area contributed by atoms with Gasteiger partial charge in [0.2, 0.25) is 0 Å². The third-order valence-electron chi connectivity index (χ3n) is 6.59. The van der Waals surface area contributed by atoms with Crippen LogP contribution < -0.4 is 0 Å². The monoisotopic (exact) mass is 511 g/mol. The standard InChI is InChI=1S/C31H61NO4/c1-8-9-10-11-12-13-14-15-16-17-18-19-20-21-22-23-24-35-29(33)28(25-27(2)3)32(7)30(34)36-26-31(4,5)6/h27-28H,8-26H2,1-7H3. The lowest BCUT2D eigenvalue weighted by Crippen LogP contribution is -2.45. The van der Waals surface area contributed by atoms with Crippen molar-refractivity contribution < 1.29 is 19.1 Å². The molecular formula is C31H61NO4. The minimum absolute atomic E-state index is 0.113. The minimum atomic E-state index is -0.599. The first-order valence-corrected chi connectivity index (χ1v) is 15.1. The van der Waals surface area contributed by atoms with E-state index in [0.717, 1.165) is 12.8 Å². The van der Waals surface area contributed by atoms with Crippen LogP contribution in [-0.4, -0.2) is 43.3 Å². The maximum absolute atomic E-state index is 12.7. The summed E-state index contributed by atoms with van der Waals surface area (Å²) in [6, 6.07) is -0.599. The van der Waals surface area contributed by atoms with Gasteiger partial charge in [-0.15, -0.1) is 0 Å². The van der Waals surface area contributed by atoms with Crippen LogP contribution in [0.25, 0.3) is 0 Å². The highest BCUT2D eigenvalue weighted by atomic mass is 16.6. The maximum atomic E-state index is 12.7. The molecule has 0 rings (SSSR count). The molecule has 1 atom stereocenters. The molecule has 0 aromatic rings. The SMILES string of the molecule is CCCCCCCCCCCCCCCCCCOC(=O)C(CC(C)C)N(C)C(=O)OCC(C)(C)C. The topological polar surface area (TPSA) is 55.8 Å². The van der Waals surface area contributed by atoms with Gasteiger partial charge in [-0.3, -0.25) is 4.90 Å². The van der Waals surface area contributed by atoms with Crippen molar-refractivity contribution in [3.05, 3.63) is 0 Å². The number of ether oxygens (including phenoxy) is 2. The minimum Gasteiger partial charge on any atom is -0.464 e. The molecule has 0 spiro atoms. The van der Waals surface area contributed by atoms with Crippen LogP contribution in [0.5, 0.6) is 0 Å². The van der Waals surface area contributed by atoms with Crippen LogP contribution in [0.15, 0.2) is 0 Å². The summed E-state index contributed by atoms with van der Waals surface area (Å²) in [7, 11) is 1.63. The Hall–Kier alpha value is -1.26. The molecule has 0 saturated heterocycles. The van der Waals surface area contributed by atoms with Gasteiger partial charge in [0.25, 0.3) is 0 Å². The van der Waals surface area contributed by atoms with E-state index in [4.69, 9.17) is 9.47 Å². The highest BCUT2D eigenvalue weighted by Gasteiger charge is 2.30. The second-order valence-electron chi connectivity index (χ2n) is 12.3. The van der Waals surface area contributed by atoms with Crippen LogP contribution >= 0.6 is 0 Å². The zero-order chi connectivity index (χ0) is 27.2. The van der Waals surface area contributed by atoms with Gasteiger partial charge in [-0.2, -0.15) is 0 Å². The number of carbonyl (C=O) groups excluding carboxylic acids is 2. The Morgan fingerprint density at radius 1 is 0.694 bits per heavy atom. The van der Waals surface area contributed by atoms with E-state index in [9.17, 15) is 9.59 Å². The third kappa shape index (κ3) is 20.9. The summed E-state index contributed by atoms with van der Waals surface area (Å²) in [5, 5.41) is 0. The number of rotatable bonds is 22. The van der Waals surface area contributed by atoms with Gasteiger partial charge in [-0.25, -0.2) is 9.59 Å². The van der Waals surface area contributed by atoms with Crippen LogP contribution in [0.4, 0.5) is 4.79 Å². The molecule has 1 amide bonds. The van der Waals surface area contributed by atoms with E-state index in [1.54, 1.807) is 7.05 Å². The molecule has 0 bridgehead atoms. The molecule has 0 aromatic carbocycles. The molecule has 5 heteroatoms. The molecule has 0 fully saturated rings. The molecule has 0 aliphatic carbocycles. The maximum Gasteiger partial charge on any atom is 0.410 e. The van der Waals surface area contributed by atoms with Gasteiger partial charge in [0.05, 0.1) is 13.2 Å². The predicted octanol–water partition coefficient (Wildman–Crippen LogP) is 9.32. The molecule has 36 heavy (non-hydrogen) atoms. The van der Waals surface area contributed by atoms with Crippen LogP contribution in [0.2, 0.25) is 0 Å². The van der Waals surface area contributed by atoms with Gasteiger partial charge in [0.1, 0.15) is 6.04 Å². The normalized spacial score (nSPS) is 12.6. The van der Waals surface area contributed by atoms with Crippen molar-refractivity contribution in [1.82, 2.24) is 4.90 Å². The highest BCUT2D eigenvalue weighted by Crippen LogP contribution is 2.18. The quantitative estimate of drug-likeness (QED) is 0.107. The Kier molecular flexibility index (Phi) is 21.0. The van der Waals surface area contributed by atoms with Crippen molar-refractivity contribution in [2.24, 2.45) is 11.3 Å². The van der Waals surface area contributed by atoms with E-state index < -0.39 is 12.1 Å². The van der Waals surface area contributed by atoms with Crippen molar-refractivity contribution in [3.8, 4) is 0 Å². The summed E-state index contributed by atoms with van der Waals surface area (Å²) in [6.45, 7) is 13.1. The third-order valence-corrected chi connectivity index (χ3v) is 6.59. The van der Waals surface area contributed by atoms with Crippen molar-refractivity contribution in [2.45, 2.75) is 157 Å². The molecular weight excluding hydrogens is 450 g/mol. The lowest BCUT2D eigenvalue weighted by Gasteiger charge is -2.28. The van der Waals surface area contributed by atoms with Gasteiger partial charge in [-0.05, 0) is 24.2 Å². The molecule has 5 nitrogen and oxygen atoms in total. The Morgan fingerprint density at radius 2 is 1.11 bits per heavy atom. The highest BCUT2D eigenvalue weighted by molar-refractivity contribution is 5.81. The van der Waals surface area contributed by atoms with E-state index in [2.05, 4.69) is 6.92 Å². The van der Waals surface area contributed by atoms with Crippen molar-refractivity contribution in [3.63, 3.8) is 0 Å². The second kappa shape index (κ2) is 21.8. The molecule has 1 unspecified atom stereocenters. The lowest BCUT2D eigenvalue weighted by molar-refractivity contribution is -0.149. The summed E-state index contributed by atoms with van der Waals surface area (Å²) >= 11 is 0. The molecule has 214 valence electrons. The van der Waals surface area contributed by atoms with Gasteiger partial charge < -0.3 is 9.47 Å². The zero-order valence-electron chi connectivity index (χ0n) is 25.2. The molecule has 0 N–H and O–H groups in total. The van der Waals surface area contributed by atoms with Crippen molar-refractivity contribution in [2.75, 3.05) is 20.3 Å². The predicted molar refractivity (Wildman–Crippen MR) is 152 cm³/mol. The van der Waals surface area contributed by atoms with E-state index in [1.165, 1.54) is 94.8 Å². The number of nitrogens with zero attached hydrogens (tertiary/aromatic N) is 1. The molecule has 0 radical (unpaired) electrons. The number of unbranched alkanes of at least 4 members (excludes halogenated alkanes) is 15. The van der Waals surface area contributed by atoms with Gasteiger partial charge >= 0.3 is 12.1 Å². The summed E-state index contributed by atoms with van der Waals surface area (Å²) in [5.74, 6) is -0.0455. The summed E-state index contributed by atoms with van der Waals surface area (Å²) < 4.78 is 11.0. The van der Waals surface area contributed by atoms with E-state index in [1.807, 2.05) is 34.6 Å². The second-order valence-corrected chi connectivity index (χ2v) is 12.3. The lowest BCUT2D eigenvalue weighted by atomic mass is 9.99. The summed E-state index contributed by atoms with van der Waals surface area (Å²) in [5.41, 5.74) is -0.113. The van der Waals surface area contributed by atoms with Crippen molar-refractivity contribution >= 4 is 12.1 Å². The number of carbonyl (C=O) groups is 2. The molecule has 0 saturated carbocycles. The van der Waals surface area contributed by atoms with Crippen LogP contribution in [-0.2, 0) is 14.3 Å².